The summed E-state index contributed by atoms with van der Waals surface area (Å²) in [7, 11) is 0. The van der Waals surface area contributed by atoms with Crippen LogP contribution in [0, 0.1) is 18.8 Å². The first-order valence-corrected chi connectivity index (χ1v) is 6.46. The quantitative estimate of drug-likeness (QED) is 0.799. The molecule has 0 fully saturated rings. The monoisotopic (exact) mass is 230 g/mol. The number of nitrogens with one attached hydrogen (secondary N) is 1. The average Bonchev–Trinajstić information content (AvgIpc) is 2.25. The van der Waals surface area contributed by atoms with Gasteiger partial charge in [0.2, 0.25) is 0 Å². The van der Waals surface area contributed by atoms with E-state index in [1.54, 1.807) is 0 Å². The number of anilines is 1. The first-order chi connectivity index (χ1) is 8.13. The van der Waals surface area contributed by atoms with Gasteiger partial charge in [-0.1, -0.05) is 18.6 Å². The zero-order chi connectivity index (χ0) is 12.3. The smallest absolute Gasteiger partial charge is 0.0529 e. The molecule has 1 aromatic heterocycles. The maximum atomic E-state index is 4.20. The fraction of sp³-hybridized carbons (Fsp3) is 0.533. The maximum absolute atomic E-state index is 4.20. The van der Waals surface area contributed by atoms with Gasteiger partial charge in [-0.2, -0.15) is 0 Å². The second-order valence-electron chi connectivity index (χ2n) is 5.43. The summed E-state index contributed by atoms with van der Waals surface area (Å²) in [5.41, 5.74) is 3.89. The third-order valence-corrected chi connectivity index (χ3v) is 3.35. The van der Waals surface area contributed by atoms with Crippen molar-refractivity contribution in [2.75, 3.05) is 11.9 Å². The lowest BCUT2D eigenvalue weighted by Crippen LogP contribution is -2.20. The molecule has 0 aromatic carbocycles. The molecule has 0 spiro atoms. The molecule has 1 aliphatic rings. The highest BCUT2D eigenvalue weighted by Gasteiger charge is 2.17. The predicted octanol–water partition coefficient (Wildman–Crippen LogP) is 3.79. The van der Waals surface area contributed by atoms with E-state index in [9.17, 15) is 0 Å². The topological polar surface area (TPSA) is 24.9 Å². The van der Waals surface area contributed by atoms with Gasteiger partial charge in [0.1, 0.15) is 0 Å². The van der Waals surface area contributed by atoms with Crippen molar-refractivity contribution in [2.24, 2.45) is 11.8 Å². The molecule has 17 heavy (non-hydrogen) atoms. The molecule has 1 heterocycles. The van der Waals surface area contributed by atoms with Gasteiger partial charge in [-0.15, -0.1) is 0 Å². The Hall–Kier alpha value is -1.31. The Balaban J connectivity index is 1.89. The van der Waals surface area contributed by atoms with E-state index in [0.29, 0.717) is 0 Å². The summed E-state index contributed by atoms with van der Waals surface area (Å²) in [6, 6.07) is 2.15. The number of nitrogens with zero attached hydrogens (tertiary/aromatic N) is 1. The Morgan fingerprint density at radius 2 is 2.18 bits per heavy atom. The minimum absolute atomic E-state index is 0.728. The molecule has 0 bridgehead atoms. The standard InChI is InChI=1S/C15H22N2/c1-11-4-12(2)6-14(5-11)9-17-15-7-13(3)8-16-10-15/h4,7-8,10-11,14,17H,5-6,9H2,1-3H3. The molecule has 0 amide bonds. The minimum Gasteiger partial charge on any atom is -0.384 e. The highest BCUT2D eigenvalue weighted by Crippen LogP contribution is 2.27. The van der Waals surface area contributed by atoms with Gasteiger partial charge in [0, 0.05) is 18.9 Å². The van der Waals surface area contributed by atoms with Gasteiger partial charge < -0.3 is 5.32 Å². The summed E-state index contributed by atoms with van der Waals surface area (Å²) >= 11 is 0. The van der Waals surface area contributed by atoms with Crippen molar-refractivity contribution in [3.05, 3.63) is 35.7 Å². The van der Waals surface area contributed by atoms with E-state index in [1.165, 1.54) is 24.0 Å². The fourth-order valence-corrected chi connectivity index (χ4v) is 2.76. The lowest BCUT2D eigenvalue weighted by molar-refractivity contribution is 0.421. The van der Waals surface area contributed by atoms with Crippen LogP contribution >= 0.6 is 0 Å². The van der Waals surface area contributed by atoms with Crippen LogP contribution in [-0.2, 0) is 0 Å². The van der Waals surface area contributed by atoms with E-state index in [4.69, 9.17) is 0 Å². The average molecular weight is 230 g/mol. The molecule has 2 rings (SSSR count). The Morgan fingerprint density at radius 1 is 1.35 bits per heavy atom. The van der Waals surface area contributed by atoms with Gasteiger partial charge in [0.25, 0.3) is 0 Å². The number of hydrogen-bond acceptors (Lipinski definition) is 2. The van der Waals surface area contributed by atoms with Crippen molar-refractivity contribution in [3.8, 4) is 0 Å². The molecule has 2 atom stereocenters. The van der Waals surface area contributed by atoms with Crippen LogP contribution in [0.2, 0.25) is 0 Å². The lowest BCUT2D eigenvalue weighted by atomic mass is 9.84. The van der Waals surface area contributed by atoms with Crippen LogP contribution in [0.25, 0.3) is 0 Å². The van der Waals surface area contributed by atoms with Crippen LogP contribution in [0.5, 0.6) is 0 Å². The Morgan fingerprint density at radius 3 is 2.88 bits per heavy atom. The van der Waals surface area contributed by atoms with Crippen LogP contribution in [-0.4, -0.2) is 11.5 Å². The number of aromatic nitrogens is 1. The number of allylic oxidation sites excluding steroid dienone is 2. The van der Waals surface area contributed by atoms with Gasteiger partial charge in [-0.3, -0.25) is 4.98 Å². The number of hydrogen-bond donors (Lipinski definition) is 1. The van der Waals surface area contributed by atoms with Gasteiger partial charge >= 0.3 is 0 Å². The zero-order valence-electron chi connectivity index (χ0n) is 11.0. The van der Waals surface area contributed by atoms with Crippen molar-refractivity contribution in [1.29, 1.82) is 0 Å². The summed E-state index contributed by atoms with van der Waals surface area (Å²) < 4.78 is 0. The van der Waals surface area contributed by atoms with E-state index in [1.807, 2.05) is 12.4 Å². The van der Waals surface area contributed by atoms with Gasteiger partial charge in [0.15, 0.2) is 0 Å². The number of rotatable bonds is 3. The molecular formula is C15H22N2. The third-order valence-electron chi connectivity index (χ3n) is 3.35. The predicted molar refractivity (Wildman–Crippen MR) is 73.1 cm³/mol. The van der Waals surface area contributed by atoms with Gasteiger partial charge in [-0.05, 0) is 50.2 Å². The Labute approximate surface area is 104 Å². The normalized spacial score (nSPS) is 24.3. The molecule has 92 valence electrons. The molecule has 0 saturated heterocycles. The molecule has 2 heteroatoms. The van der Waals surface area contributed by atoms with E-state index >= 15 is 0 Å². The maximum Gasteiger partial charge on any atom is 0.0529 e. The minimum atomic E-state index is 0.728. The second kappa shape index (κ2) is 5.35. The molecule has 2 nitrogen and oxygen atoms in total. The summed E-state index contributed by atoms with van der Waals surface area (Å²) in [4.78, 5) is 4.20. The SMILES string of the molecule is CC1=CC(C)CC(CNc2cncc(C)c2)C1. The number of pyridine rings is 1. The van der Waals surface area contributed by atoms with Crippen LogP contribution < -0.4 is 5.32 Å². The largest absolute Gasteiger partial charge is 0.384 e. The Kier molecular flexibility index (Phi) is 3.82. The van der Waals surface area contributed by atoms with Crippen molar-refractivity contribution in [1.82, 2.24) is 4.98 Å². The van der Waals surface area contributed by atoms with E-state index in [2.05, 4.69) is 43.2 Å². The zero-order valence-corrected chi connectivity index (χ0v) is 11.0. The summed E-state index contributed by atoms with van der Waals surface area (Å²) in [6.07, 6.45) is 8.73. The van der Waals surface area contributed by atoms with Crippen molar-refractivity contribution >= 4 is 5.69 Å². The van der Waals surface area contributed by atoms with Crippen LogP contribution in [0.3, 0.4) is 0 Å². The van der Waals surface area contributed by atoms with Gasteiger partial charge in [-0.25, -0.2) is 0 Å². The molecular weight excluding hydrogens is 208 g/mol. The molecule has 1 aliphatic carbocycles. The van der Waals surface area contributed by atoms with Crippen LogP contribution in [0.15, 0.2) is 30.1 Å². The molecule has 1 aromatic rings. The van der Waals surface area contributed by atoms with Crippen molar-refractivity contribution in [3.63, 3.8) is 0 Å². The third kappa shape index (κ3) is 3.58. The van der Waals surface area contributed by atoms with Gasteiger partial charge in [0.05, 0.1) is 5.69 Å². The van der Waals surface area contributed by atoms with Crippen LogP contribution in [0.1, 0.15) is 32.3 Å². The summed E-state index contributed by atoms with van der Waals surface area (Å²) in [5, 5.41) is 3.51. The van der Waals surface area contributed by atoms with E-state index in [-0.39, 0.29) is 0 Å². The molecule has 1 N–H and O–H groups in total. The highest BCUT2D eigenvalue weighted by molar-refractivity contribution is 5.42. The second-order valence-corrected chi connectivity index (χ2v) is 5.43. The van der Waals surface area contributed by atoms with E-state index < -0.39 is 0 Å². The molecule has 2 unspecified atom stereocenters. The first-order valence-electron chi connectivity index (χ1n) is 6.46. The molecule has 0 aliphatic heterocycles. The Bertz CT molecular complexity index is 409. The summed E-state index contributed by atoms with van der Waals surface area (Å²) in [5.74, 6) is 1.49. The number of aryl methyl sites for hydroxylation is 1. The molecule has 0 saturated carbocycles. The first kappa shape index (κ1) is 12.2. The molecule has 0 radical (unpaired) electrons. The van der Waals surface area contributed by atoms with Crippen molar-refractivity contribution in [2.45, 2.75) is 33.6 Å². The highest BCUT2D eigenvalue weighted by atomic mass is 14.9. The fourth-order valence-electron chi connectivity index (χ4n) is 2.76. The van der Waals surface area contributed by atoms with Crippen molar-refractivity contribution < 1.29 is 0 Å². The summed E-state index contributed by atoms with van der Waals surface area (Å²) in [6.45, 7) is 7.69. The van der Waals surface area contributed by atoms with E-state index in [0.717, 1.165) is 24.1 Å². The van der Waals surface area contributed by atoms with Crippen LogP contribution in [0.4, 0.5) is 5.69 Å². The lowest BCUT2D eigenvalue weighted by Gasteiger charge is -2.25.